The first-order chi connectivity index (χ1) is 12.2. The number of carbonyl (C=O) groups excluding carboxylic acids is 1. The van der Waals surface area contributed by atoms with Gasteiger partial charge >= 0.3 is 12.5 Å². The van der Waals surface area contributed by atoms with Gasteiger partial charge in [0, 0.05) is 17.8 Å². The summed E-state index contributed by atoms with van der Waals surface area (Å²) in [5, 5.41) is 0. The average Bonchev–Trinajstić information content (AvgIpc) is 2.84. The van der Waals surface area contributed by atoms with Gasteiger partial charge in [-0.3, -0.25) is 4.98 Å². The molecule has 0 spiro atoms. The van der Waals surface area contributed by atoms with Crippen molar-refractivity contribution in [3.63, 3.8) is 0 Å². The minimum absolute atomic E-state index is 0.0419. The molecule has 1 fully saturated rings. The Hall–Kier alpha value is -2.84. The lowest BCUT2D eigenvalue weighted by Crippen LogP contribution is -2.24. The quantitative estimate of drug-likeness (QED) is 0.760. The molecule has 1 aromatic heterocycles. The molecular formula is C17H14F4N2O3. The molecule has 0 aliphatic carbocycles. The van der Waals surface area contributed by atoms with Crippen molar-refractivity contribution in [3.05, 3.63) is 47.9 Å². The SMILES string of the molecule is C[C@@H]1CN(Cc2ccc(-c3ccc(OC(F)(F)F)cc3F)nc2)C(=O)O1. The lowest BCUT2D eigenvalue weighted by atomic mass is 10.1. The molecule has 26 heavy (non-hydrogen) atoms. The summed E-state index contributed by atoms with van der Waals surface area (Å²) in [5.74, 6) is -1.53. The Labute approximate surface area is 146 Å². The predicted molar refractivity (Wildman–Crippen MR) is 82.7 cm³/mol. The molecule has 1 aromatic carbocycles. The molecule has 3 rings (SSSR count). The highest BCUT2D eigenvalue weighted by Gasteiger charge is 2.31. The van der Waals surface area contributed by atoms with E-state index < -0.39 is 24.0 Å². The molecular weight excluding hydrogens is 356 g/mol. The number of ether oxygens (including phenoxy) is 2. The summed E-state index contributed by atoms with van der Waals surface area (Å²) in [6.45, 7) is 2.56. The maximum absolute atomic E-state index is 14.1. The van der Waals surface area contributed by atoms with Gasteiger partial charge < -0.3 is 14.4 Å². The first-order valence-electron chi connectivity index (χ1n) is 7.67. The molecule has 1 atom stereocenters. The molecule has 138 valence electrons. The van der Waals surface area contributed by atoms with E-state index in [0.29, 0.717) is 19.2 Å². The van der Waals surface area contributed by atoms with Crippen LogP contribution in [0.4, 0.5) is 22.4 Å². The van der Waals surface area contributed by atoms with Crippen LogP contribution in [0.15, 0.2) is 36.5 Å². The number of amides is 1. The van der Waals surface area contributed by atoms with Crippen molar-refractivity contribution in [2.24, 2.45) is 0 Å². The Morgan fingerprint density at radius 2 is 2.08 bits per heavy atom. The third kappa shape index (κ3) is 4.22. The van der Waals surface area contributed by atoms with Crippen molar-refractivity contribution in [1.29, 1.82) is 0 Å². The number of hydrogen-bond acceptors (Lipinski definition) is 4. The fraction of sp³-hybridized carbons (Fsp3) is 0.294. The van der Waals surface area contributed by atoms with Crippen LogP contribution < -0.4 is 4.74 Å². The van der Waals surface area contributed by atoms with Gasteiger partial charge in [-0.05, 0) is 30.7 Å². The van der Waals surface area contributed by atoms with E-state index in [-0.39, 0.29) is 17.4 Å². The average molecular weight is 370 g/mol. The topological polar surface area (TPSA) is 51.7 Å². The second-order valence-corrected chi connectivity index (χ2v) is 5.82. The lowest BCUT2D eigenvalue weighted by Gasteiger charge is -2.13. The van der Waals surface area contributed by atoms with Crippen LogP contribution in [0.25, 0.3) is 11.3 Å². The van der Waals surface area contributed by atoms with E-state index >= 15 is 0 Å². The summed E-state index contributed by atoms with van der Waals surface area (Å²) in [7, 11) is 0. The number of cyclic esters (lactones) is 1. The van der Waals surface area contributed by atoms with Gasteiger partial charge in [-0.25, -0.2) is 9.18 Å². The van der Waals surface area contributed by atoms with Crippen LogP contribution in [-0.2, 0) is 11.3 Å². The zero-order valence-corrected chi connectivity index (χ0v) is 13.6. The van der Waals surface area contributed by atoms with E-state index in [2.05, 4.69) is 9.72 Å². The number of rotatable bonds is 4. The van der Waals surface area contributed by atoms with E-state index in [0.717, 1.165) is 17.7 Å². The van der Waals surface area contributed by atoms with Crippen LogP contribution in [0.5, 0.6) is 5.75 Å². The molecule has 1 aliphatic heterocycles. The first-order valence-corrected chi connectivity index (χ1v) is 7.67. The summed E-state index contributed by atoms with van der Waals surface area (Å²) in [4.78, 5) is 17.2. The Balaban J connectivity index is 1.73. The van der Waals surface area contributed by atoms with Crippen molar-refractivity contribution >= 4 is 6.09 Å². The van der Waals surface area contributed by atoms with E-state index in [1.165, 1.54) is 17.2 Å². The first kappa shape index (κ1) is 18.0. The number of benzene rings is 1. The fourth-order valence-electron chi connectivity index (χ4n) is 2.60. The van der Waals surface area contributed by atoms with Crippen molar-refractivity contribution in [3.8, 4) is 17.0 Å². The third-order valence-electron chi connectivity index (χ3n) is 3.69. The third-order valence-corrected chi connectivity index (χ3v) is 3.69. The van der Waals surface area contributed by atoms with Gasteiger partial charge in [-0.2, -0.15) is 0 Å². The van der Waals surface area contributed by atoms with Gasteiger partial charge in [0.1, 0.15) is 17.7 Å². The molecule has 5 nitrogen and oxygen atoms in total. The monoisotopic (exact) mass is 370 g/mol. The van der Waals surface area contributed by atoms with E-state index in [1.807, 2.05) is 0 Å². The van der Waals surface area contributed by atoms with Crippen molar-refractivity contribution in [1.82, 2.24) is 9.88 Å². The normalized spacial score (nSPS) is 17.3. The maximum atomic E-state index is 14.1. The zero-order chi connectivity index (χ0) is 18.9. The number of carbonyl (C=O) groups is 1. The summed E-state index contributed by atoms with van der Waals surface area (Å²) in [5.41, 5.74) is 1.01. The highest BCUT2D eigenvalue weighted by atomic mass is 19.4. The number of halogens is 4. The molecule has 1 saturated heterocycles. The molecule has 1 aliphatic rings. The van der Waals surface area contributed by atoms with Gasteiger partial charge in [0.15, 0.2) is 0 Å². The van der Waals surface area contributed by atoms with Gasteiger partial charge in [-0.1, -0.05) is 6.07 Å². The standard InChI is InChI=1S/C17H14F4N2O3/c1-10-8-23(16(24)25-10)9-11-2-5-15(22-7-11)13-4-3-12(6-14(13)18)26-17(19,20)21/h2-7,10H,8-9H2,1H3/t10-/m1/s1. The molecule has 9 heteroatoms. The van der Waals surface area contributed by atoms with Crippen LogP contribution in [0, 0.1) is 5.82 Å². The molecule has 0 N–H and O–H groups in total. The summed E-state index contributed by atoms with van der Waals surface area (Å²) >= 11 is 0. The lowest BCUT2D eigenvalue weighted by molar-refractivity contribution is -0.274. The molecule has 0 bridgehead atoms. The Bertz CT molecular complexity index is 809. The van der Waals surface area contributed by atoms with Crippen LogP contribution in [-0.4, -0.2) is 35.0 Å². The van der Waals surface area contributed by atoms with E-state index in [1.54, 1.807) is 13.0 Å². The highest BCUT2D eigenvalue weighted by molar-refractivity contribution is 5.70. The summed E-state index contributed by atoms with van der Waals surface area (Å²) < 4.78 is 59.3. The molecule has 1 amide bonds. The number of alkyl halides is 3. The fourth-order valence-corrected chi connectivity index (χ4v) is 2.60. The van der Waals surface area contributed by atoms with Crippen molar-refractivity contribution < 1.29 is 31.8 Å². The van der Waals surface area contributed by atoms with Gasteiger partial charge in [0.05, 0.1) is 18.8 Å². The molecule has 2 aromatic rings. The second-order valence-electron chi connectivity index (χ2n) is 5.82. The minimum Gasteiger partial charge on any atom is -0.444 e. The van der Waals surface area contributed by atoms with Crippen LogP contribution >= 0.6 is 0 Å². The smallest absolute Gasteiger partial charge is 0.444 e. The molecule has 2 heterocycles. The molecule has 0 saturated carbocycles. The Kier molecular flexibility index (Phi) is 4.71. The minimum atomic E-state index is -4.89. The number of nitrogens with zero attached hydrogens (tertiary/aromatic N) is 2. The summed E-state index contributed by atoms with van der Waals surface area (Å²) in [6, 6.07) is 6.03. The highest BCUT2D eigenvalue weighted by Crippen LogP contribution is 2.28. The Morgan fingerprint density at radius 1 is 1.31 bits per heavy atom. The van der Waals surface area contributed by atoms with Gasteiger partial charge in [0.2, 0.25) is 0 Å². The van der Waals surface area contributed by atoms with Crippen LogP contribution in [0.1, 0.15) is 12.5 Å². The van der Waals surface area contributed by atoms with Gasteiger partial charge in [0.25, 0.3) is 0 Å². The largest absolute Gasteiger partial charge is 0.573 e. The maximum Gasteiger partial charge on any atom is 0.573 e. The summed E-state index contributed by atoms with van der Waals surface area (Å²) in [6.07, 6.45) is -4.00. The van der Waals surface area contributed by atoms with Gasteiger partial charge in [-0.15, -0.1) is 13.2 Å². The number of aromatic nitrogens is 1. The van der Waals surface area contributed by atoms with Crippen molar-refractivity contribution in [2.75, 3.05) is 6.54 Å². The zero-order valence-electron chi connectivity index (χ0n) is 13.6. The number of pyridine rings is 1. The molecule has 0 radical (unpaired) electrons. The Morgan fingerprint density at radius 3 is 2.62 bits per heavy atom. The van der Waals surface area contributed by atoms with Crippen LogP contribution in [0.3, 0.4) is 0 Å². The predicted octanol–water partition coefficient (Wildman–Crippen LogP) is 4.13. The van der Waals surface area contributed by atoms with E-state index in [9.17, 15) is 22.4 Å². The van der Waals surface area contributed by atoms with Crippen molar-refractivity contribution in [2.45, 2.75) is 25.9 Å². The second kappa shape index (κ2) is 6.81. The van der Waals surface area contributed by atoms with Crippen LogP contribution in [0.2, 0.25) is 0 Å². The molecule has 0 unspecified atom stereocenters. The van der Waals surface area contributed by atoms with E-state index in [4.69, 9.17) is 4.74 Å². The number of hydrogen-bond donors (Lipinski definition) is 0.